The summed E-state index contributed by atoms with van der Waals surface area (Å²) in [6, 6.07) is 10.2. The van der Waals surface area contributed by atoms with Gasteiger partial charge in [0.1, 0.15) is 11.5 Å². The van der Waals surface area contributed by atoms with Crippen molar-refractivity contribution in [1.82, 2.24) is 0 Å². The van der Waals surface area contributed by atoms with E-state index in [1.807, 2.05) is 56.9 Å². The monoisotopic (exact) mass is 641 g/mol. The van der Waals surface area contributed by atoms with Crippen molar-refractivity contribution in [3.05, 3.63) is 82.6 Å². The molecule has 2 aromatic rings. The van der Waals surface area contributed by atoms with Crippen LogP contribution in [-0.2, 0) is 31.1 Å². The van der Waals surface area contributed by atoms with Crippen LogP contribution < -0.4 is 56.3 Å². The van der Waals surface area contributed by atoms with Crippen LogP contribution in [0, 0.1) is 0 Å². The number of hydrogen-bond donors (Lipinski definition) is 3. The topological polar surface area (TPSA) is 155 Å². The molecular formula is C30H36KNO8S2. The van der Waals surface area contributed by atoms with E-state index in [4.69, 9.17) is 0 Å². The van der Waals surface area contributed by atoms with Gasteiger partial charge in [0.25, 0.3) is 10.1 Å². The van der Waals surface area contributed by atoms with Crippen molar-refractivity contribution < 1.29 is 87.5 Å². The van der Waals surface area contributed by atoms with Crippen molar-refractivity contribution in [3.63, 3.8) is 0 Å². The van der Waals surface area contributed by atoms with Gasteiger partial charge in [-0.05, 0) is 83.5 Å². The fourth-order valence-electron chi connectivity index (χ4n) is 6.03. The summed E-state index contributed by atoms with van der Waals surface area (Å²) in [6.45, 7) is 8.37. The fraction of sp³-hybridized carbons (Fsp3) is 0.400. The van der Waals surface area contributed by atoms with Crippen LogP contribution in [0.1, 0.15) is 63.6 Å². The number of rotatable bonds is 10. The van der Waals surface area contributed by atoms with E-state index >= 15 is 0 Å². The molecule has 1 aliphatic carbocycles. The summed E-state index contributed by atoms with van der Waals surface area (Å²) in [6.07, 6.45) is 6.56. The largest absolute Gasteiger partial charge is 1.00 e. The summed E-state index contributed by atoms with van der Waals surface area (Å²) in [5, 5.41) is 20.3. The number of allylic oxidation sites excluding steroid dienone is 6. The Hall–Kier alpha value is -1.48. The minimum absolute atomic E-state index is 0. The van der Waals surface area contributed by atoms with Crippen LogP contribution in [-0.4, -0.2) is 54.2 Å². The van der Waals surface area contributed by atoms with Gasteiger partial charge >= 0.3 is 51.4 Å². The van der Waals surface area contributed by atoms with Gasteiger partial charge in [-0.3, -0.25) is 4.55 Å². The van der Waals surface area contributed by atoms with Crippen LogP contribution >= 0.6 is 0 Å². The molecule has 0 radical (unpaired) electrons. The first-order valence-electron chi connectivity index (χ1n) is 13.4. The summed E-state index contributed by atoms with van der Waals surface area (Å²) >= 11 is 0. The average Bonchev–Trinajstić information content (AvgIpc) is 3.16. The van der Waals surface area contributed by atoms with E-state index in [9.17, 15) is 36.2 Å². The zero-order valence-electron chi connectivity index (χ0n) is 24.6. The molecule has 2 aromatic carbocycles. The van der Waals surface area contributed by atoms with Gasteiger partial charge in [0.15, 0.2) is 0 Å². The fourth-order valence-corrected chi connectivity index (χ4v) is 7.02. The molecule has 0 unspecified atom stereocenters. The molecule has 0 aromatic heterocycles. The van der Waals surface area contributed by atoms with E-state index in [2.05, 4.69) is 0 Å². The predicted molar refractivity (Wildman–Crippen MR) is 159 cm³/mol. The molecular weight excluding hydrogens is 606 g/mol. The molecule has 0 saturated carbocycles. The van der Waals surface area contributed by atoms with E-state index in [1.54, 1.807) is 30.3 Å². The molecule has 0 fully saturated rings. The Balaban J connectivity index is 0.00000484. The quantitative estimate of drug-likeness (QED) is 0.261. The molecule has 4 rings (SSSR count). The molecule has 12 heteroatoms. The van der Waals surface area contributed by atoms with Crippen LogP contribution in [0.25, 0.3) is 5.57 Å². The summed E-state index contributed by atoms with van der Waals surface area (Å²) in [5.74, 6) is -0.604. The zero-order chi connectivity index (χ0) is 30.4. The Kier molecular flexibility index (Phi) is 10.7. The van der Waals surface area contributed by atoms with Gasteiger partial charge in [0.2, 0.25) is 0 Å². The molecule has 222 valence electrons. The molecule has 9 nitrogen and oxygen atoms in total. The number of nitrogens with zero attached hydrogens (tertiary/aromatic N) is 1. The SMILES string of the molecule is CC1(C)C(C=C/C=C2/N(CCCS(=O)(=O)[O-])c3ccc(O)cc3C2(C)C)=C(CCCS(=O)(=O)O)c2ccc(O)cc21.[K+]. The Morgan fingerprint density at radius 1 is 0.881 bits per heavy atom. The first-order valence-corrected chi connectivity index (χ1v) is 16.6. The molecule has 0 bridgehead atoms. The first kappa shape index (κ1) is 35.0. The Labute approximate surface area is 291 Å². The third-order valence-corrected chi connectivity index (χ3v) is 9.59. The number of aromatic hydroxyl groups is 2. The Morgan fingerprint density at radius 2 is 1.50 bits per heavy atom. The predicted octanol–water partition coefficient (Wildman–Crippen LogP) is 1.99. The van der Waals surface area contributed by atoms with E-state index in [0.29, 0.717) is 13.0 Å². The van der Waals surface area contributed by atoms with Crippen LogP contribution in [0.2, 0.25) is 0 Å². The van der Waals surface area contributed by atoms with Crippen molar-refractivity contribution in [2.45, 2.75) is 57.8 Å². The second-order valence-electron chi connectivity index (χ2n) is 11.6. The second kappa shape index (κ2) is 12.9. The molecule has 42 heavy (non-hydrogen) atoms. The molecule has 0 amide bonds. The number of anilines is 1. The molecule has 1 heterocycles. The Morgan fingerprint density at radius 3 is 2.12 bits per heavy atom. The summed E-state index contributed by atoms with van der Waals surface area (Å²) in [4.78, 5) is 1.97. The third-order valence-electron chi connectivity index (χ3n) is 8.00. The van der Waals surface area contributed by atoms with Crippen LogP contribution in [0.15, 0.2) is 65.9 Å². The van der Waals surface area contributed by atoms with Gasteiger partial charge in [-0.15, -0.1) is 0 Å². The number of phenolic OH excluding ortho intramolecular Hbond substituents is 2. The van der Waals surface area contributed by atoms with Crippen molar-refractivity contribution in [2.24, 2.45) is 0 Å². The minimum Gasteiger partial charge on any atom is -0.748 e. The van der Waals surface area contributed by atoms with E-state index in [-0.39, 0.29) is 81.5 Å². The van der Waals surface area contributed by atoms with Crippen LogP contribution in [0.3, 0.4) is 0 Å². The van der Waals surface area contributed by atoms with E-state index < -0.39 is 36.8 Å². The number of benzene rings is 2. The van der Waals surface area contributed by atoms with Crippen LogP contribution in [0.4, 0.5) is 5.69 Å². The van der Waals surface area contributed by atoms with Crippen molar-refractivity contribution >= 4 is 31.5 Å². The Bertz CT molecular complexity index is 1670. The van der Waals surface area contributed by atoms with Gasteiger partial charge < -0.3 is 19.7 Å². The zero-order valence-corrected chi connectivity index (χ0v) is 29.3. The van der Waals surface area contributed by atoms with Gasteiger partial charge in [-0.25, -0.2) is 8.42 Å². The minimum atomic E-state index is -4.37. The second-order valence-corrected chi connectivity index (χ2v) is 14.7. The molecule has 0 spiro atoms. The molecule has 0 atom stereocenters. The molecule has 0 saturated heterocycles. The van der Waals surface area contributed by atoms with Gasteiger partial charge in [-0.1, -0.05) is 45.9 Å². The summed E-state index contributed by atoms with van der Waals surface area (Å²) in [5.41, 5.74) is 5.22. The van der Waals surface area contributed by atoms with E-state index in [0.717, 1.165) is 39.2 Å². The first-order chi connectivity index (χ1) is 18.9. The number of fused-ring (bicyclic) bond motifs is 2. The standard InChI is InChI=1S/C30H37NO8S2.K/c1-29(2)24(22(8-6-16-40(34,35)36)23-13-11-20(32)18-25(23)29)9-5-10-28-30(3,4)26-19-21(33)12-14-27(26)31(28)15-7-17-41(37,38)39;/h5,9-14,18-19,32-33H,6-8,15-17H2,1-4H3,(H,34,35,36)(H,37,38,39);/q;+1/p-1/b9-5?,28-10+;. The normalized spacial score (nSPS) is 18.4. The summed E-state index contributed by atoms with van der Waals surface area (Å²) in [7, 11) is -8.48. The van der Waals surface area contributed by atoms with Gasteiger partial charge in [-0.2, -0.15) is 8.42 Å². The molecule has 2 aliphatic rings. The maximum Gasteiger partial charge on any atom is 1.00 e. The van der Waals surface area contributed by atoms with Crippen molar-refractivity contribution in [1.29, 1.82) is 0 Å². The summed E-state index contributed by atoms with van der Waals surface area (Å²) < 4.78 is 65.8. The van der Waals surface area contributed by atoms with Crippen molar-refractivity contribution in [2.75, 3.05) is 23.0 Å². The van der Waals surface area contributed by atoms with Gasteiger partial charge in [0.05, 0.1) is 15.9 Å². The van der Waals surface area contributed by atoms with E-state index in [1.165, 1.54) is 0 Å². The average molecular weight is 642 g/mol. The smallest absolute Gasteiger partial charge is 0.748 e. The maximum absolute atomic E-state index is 11.4. The third kappa shape index (κ3) is 7.59. The van der Waals surface area contributed by atoms with Crippen LogP contribution in [0.5, 0.6) is 11.5 Å². The molecule has 3 N–H and O–H groups in total. The maximum atomic E-state index is 11.4. The van der Waals surface area contributed by atoms with Gasteiger partial charge in [0, 0.05) is 34.5 Å². The van der Waals surface area contributed by atoms with Crippen molar-refractivity contribution in [3.8, 4) is 11.5 Å². The molecule has 1 aliphatic heterocycles. The number of phenols is 2. The number of hydrogen-bond acceptors (Lipinski definition) is 8.